The van der Waals surface area contributed by atoms with Crippen molar-refractivity contribution in [3.05, 3.63) is 29.8 Å². The molecule has 1 aliphatic rings. The minimum absolute atomic E-state index is 0.00542. The van der Waals surface area contributed by atoms with Crippen molar-refractivity contribution in [3.8, 4) is 5.75 Å². The van der Waals surface area contributed by atoms with Gasteiger partial charge in [0.05, 0.1) is 5.56 Å². The summed E-state index contributed by atoms with van der Waals surface area (Å²) in [6.45, 7) is 7.31. The fourth-order valence-corrected chi connectivity index (χ4v) is 2.62. The van der Waals surface area contributed by atoms with Crippen LogP contribution in [-0.2, 0) is 0 Å². The van der Waals surface area contributed by atoms with Crippen molar-refractivity contribution in [1.29, 1.82) is 0 Å². The predicted octanol–water partition coefficient (Wildman–Crippen LogP) is 1.61. The van der Waals surface area contributed by atoms with Gasteiger partial charge in [-0.2, -0.15) is 0 Å². The topological polar surface area (TPSA) is 64.1 Å². The number of rotatable bonds is 3. The Hall–Kier alpha value is -2.24. The van der Waals surface area contributed by atoms with Crippen LogP contribution in [0.2, 0.25) is 0 Å². The first-order valence-corrected chi connectivity index (χ1v) is 7.69. The number of phenolic OH excluding ortho intramolecular Hbond substituents is 1. The summed E-state index contributed by atoms with van der Waals surface area (Å²) in [7, 11) is 0. The Morgan fingerprint density at radius 2 is 1.59 bits per heavy atom. The molecule has 2 rings (SSSR count). The molecule has 0 unspecified atom stereocenters. The lowest BCUT2D eigenvalue weighted by Crippen LogP contribution is -2.54. The molecule has 0 aromatic heterocycles. The van der Waals surface area contributed by atoms with Crippen LogP contribution in [0.3, 0.4) is 0 Å². The third kappa shape index (κ3) is 3.32. The Bertz CT molecular complexity index is 535. The summed E-state index contributed by atoms with van der Waals surface area (Å²) in [6, 6.07) is 6.57. The van der Waals surface area contributed by atoms with Crippen LogP contribution in [0.25, 0.3) is 0 Å². The van der Waals surface area contributed by atoms with Crippen molar-refractivity contribution in [1.82, 2.24) is 14.7 Å². The number of carbonyl (C=O) groups excluding carboxylic acids is 2. The van der Waals surface area contributed by atoms with E-state index in [1.807, 2.05) is 13.8 Å². The van der Waals surface area contributed by atoms with E-state index in [2.05, 4.69) is 0 Å². The molecule has 6 heteroatoms. The minimum Gasteiger partial charge on any atom is -0.507 e. The van der Waals surface area contributed by atoms with Gasteiger partial charge in [-0.25, -0.2) is 4.79 Å². The Balaban J connectivity index is 1.96. The summed E-state index contributed by atoms with van der Waals surface area (Å²) in [5.74, 6) is -0.192. The van der Waals surface area contributed by atoms with Crippen LogP contribution >= 0.6 is 0 Å². The zero-order chi connectivity index (χ0) is 16.1. The standard InChI is InChI=1S/C16H23N3O3/c1-3-17(4-2)16(22)19-11-9-18(10-12-19)15(21)13-7-5-6-8-14(13)20/h5-8,20H,3-4,9-12H2,1-2H3. The van der Waals surface area contributed by atoms with Gasteiger partial charge in [0.15, 0.2) is 0 Å². The Kier molecular flexibility index (Phi) is 5.25. The molecule has 1 N–H and O–H groups in total. The fraction of sp³-hybridized carbons (Fsp3) is 0.500. The van der Waals surface area contributed by atoms with Gasteiger partial charge in [-0.1, -0.05) is 12.1 Å². The summed E-state index contributed by atoms with van der Waals surface area (Å²) < 4.78 is 0. The van der Waals surface area contributed by atoms with E-state index in [1.165, 1.54) is 6.07 Å². The number of urea groups is 1. The number of piperazine rings is 1. The van der Waals surface area contributed by atoms with Crippen LogP contribution in [0.15, 0.2) is 24.3 Å². The molecule has 0 spiro atoms. The van der Waals surface area contributed by atoms with Gasteiger partial charge >= 0.3 is 6.03 Å². The van der Waals surface area contributed by atoms with Gasteiger partial charge in [0.1, 0.15) is 5.75 Å². The largest absolute Gasteiger partial charge is 0.507 e. The maximum Gasteiger partial charge on any atom is 0.320 e. The Morgan fingerprint density at radius 1 is 1.05 bits per heavy atom. The predicted molar refractivity (Wildman–Crippen MR) is 83.9 cm³/mol. The van der Waals surface area contributed by atoms with Crippen molar-refractivity contribution in [2.45, 2.75) is 13.8 Å². The monoisotopic (exact) mass is 305 g/mol. The normalized spacial score (nSPS) is 14.8. The summed E-state index contributed by atoms with van der Waals surface area (Å²) in [5, 5.41) is 9.77. The second-order valence-corrected chi connectivity index (χ2v) is 5.25. The second kappa shape index (κ2) is 7.15. The molecule has 0 aliphatic carbocycles. The van der Waals surface area contributed by atoms with Gasteiger partial charge in [-0.3, -0.25) is 4.79 Å². The zero-order valence-electron chi connectivity index (χ0n) is 13.2. The summed E-state index contributed by atoms with van der Waals surface area (Å²) in [4.78, 5) is 29.9. The highest BCUT2D eigenvalue weighted by Crippen LogP contribution is 2.19. The van der Waals surface area contributed by atoms with Crippen molar-refractivity contribution in [2.24, 2.45) is 0 Å². The number of nitrogens with zero attached hydrogens (tertiary/aromatic N) is 3. The quantitative estimate of drug-likeness (QED) is 0.923. The number of phenols is 1. The Labute approximate surface area is 130 Å². The third-order valence-electron chi connectivity index (χ3n) is 4.01. The zero-order valence-corrected chi connectivity index (χ0v) is 13.2. The average Bonchev–Trinajstić information content (AvgIpc) is 2.56. The number of para-hydroxylation sites is 1. The SMILES string of the molecule is CCN(CC)C(=O)N1CCN(C(=O)c2ccccc2O)CC1. The van der Waals surface area contributed by atoms with Crippen LogP contribution in [0.1, 0.15) is 24.2 Å². The first-order valence-electron chi connectivity index (χ1n) is 7.69. The smallest absolute Gasteiger partial charge is 0.320 e. The van der Waals surface area contributed by atoms with Gasteiger partial charge in [0.25, 0.3) is 5.91 Å². The van der Waals surface area contributed by atoms with Crippen molar-refractivity contribution < 1.29 is 14.7 Å². The molecule has 120 valence electrons. The van der Waals surface area contributed by atoms with Crippen LogP contribution in [0, 0.1) is 0 Å². The number of hydrogen-bond acceptors (Lipinski definition) is 3. The summed E-state index contributed by atoms with van der Waals surface area (Å²) in [6.07, 6.45) is 0. The molecule has 1 heterocycles. The number of aromatic hydroxyl groups is 1. The maximum atomic E-state index is 12.4. The average molecular weight is 305 g/mol. The van der Waals surface area contributed by atoms with Crippen LogP contribution in [-0.4, -0.2) is 71.0 Å². The van der Waals surface area contributed by atoms with E-state index in [0.29, 0.717) is 44.8 Å². The third-order valence-corrected chi connectivity index (χ3v) is 4.01. The molecule has 0 bridgehead atoms. The molecule has 1 aliphatic heterocycles. The van der Waals surface area contributed by atoms with E-state index in [-0.39, 0.29) is 17.7 Å². The molecule has 0 saturated carbocycles. The van der Waals surface area contributed by atoms with Crippen molar-refractivity contribution >= 4 is 11.9 Å². The first-order chi connectivity index (χ1) is 10.6. The lowest BCUT2D eigenvalue weighted by molar-refractivity contribution is 0.0638. The van der Waals surface area contributed by atoms with Gasteiger partial charge in [-0.05, 0) is 26.0 Å². The van der Waals surface area contributed by atoms with E-state index in [1.54, 1.807) is 32.9 Å². The molecule has 1 aromatic rings. The number of amides is 3. The van der Waals surface area contributed by atoms with Crippen molar-refractivity contribution in [3.63, 3.8) is 0 Å². The van der Waals surface area contributed by atoms with E-state index >= 15 is 0 Å². The van der Waals surface area contributed by atoms with Crippen LogP contribution < -0.4 is 0 Å². The molecule has 3 amide bonds. The number of carbonyl (C=O) groups is 2. The Morgan fingerprint density at radius 3 is 2.14 bits per heavy atom. The highest BCUT2D eigenvalue weighted by molar-refractivity contribution is 5.96. The maximum absolute atomic E-state index is 12.4. The van der Waals surface area contributed by atoms with E-state index in [4.69, 9.17) is 0 Å². The molecule has 22 heavy (non-hydrogen) atoms. The lowest BCUT2D eigenvalue weighted by atomic mass is 10.1. The molecular weight excluding hydrogens is 282 g/mol. The second-order valence-electron chi connectivity index (χ2n) is 5.25. The molecule has 0 radical (unpaired) electrons. The van der Waals surface area contributed by atoms with Gasteiger partial charge in [0, 0.05) is 39.3 Å². The van der Waals surface area contributed by atoms with Gasteiger partial charge < -0.3 is 19.8 Å². The number of benzene rings is 1. The lowest BCUT2D eigenvalue weighted by Gasteiger charge is -2.37. The summed E-state index contributed by atoms with van der Waals surface area (Å²) in [5.41, 5.74) is 0.311. The van der Waals surface area contributed by atoms with E-state index in [9.17, 15) is 14.7 Å². The van der Waals surface area contributed by atoms with Crippen molar-refractivity contribution in [2.75, 3.05) is 39.3 Å². The molecular formula is C16H23N3O3. The first kappa shape index (κ1) is 16.1. The van der Waals surface area contributed by atoms with Gasteiger partial charge in [0.2, 0.25) is 0 Å². The minimum atomic E-state index is -0.187. The van der Waals surface area contributed by atoms with E-state index < -0.39 is 0 Å². The summed E-state index contributed by atoms with van der Waals surface area (Å²) >= 11 is 0. The highest BCUT2D eigenvalue weighted by Gasteiger charge is 2.27. The fourth-order valence-electron chi connectivity index (χ4n) is 2.62. The number of hydrogen-bond donors (Lipinski definition) is 1. The highest BCUT2D eigenvalue weighted by atomic mass is 16.3. The molecule has 0 atom stereocenters. The molecule has 1 aromatic carbocycles. The van der Waals surface area contributed by atoms with Crippen LogP contribution in [0.5, 0.6) is 5.75 Å². The van der Waals surface area contributed by atoms with Crippen LogP contribution in [0.4, 0.5) is 4.79 Å². The van der Waals surface area contributed by atoms with E-state index in [0.717, 1.165) is 0 Å². The molecule has 1 fully saturated rings. The van der Waals surface area contributed by atoms with Gasteiger partial charge in [-0.15, -0.1) is 0 Å². The molecule has 1 saturated heterocycles. The molecule has 6 nitrogen and oxygen atoms in total.